The van der Waals surface area contributed by atoms with Gasteiger partial charge in [0.2, 0.25) is 11.1 Å². The van der Waals surface area contributed by atoms with Crippen molar-refractivity contribution >= 4 is 23.4 Å². The van der Waals surface area contributed by atoms with Gasteiger partial charge in [-0.3, -0.25) is 14.6 Å². The Labute approximate surface area is 137 Å². The number of nitrogens with one attached hydrogen (secondary N) is 2. The third-order valence-electron chi connectivity index (χ3n) is 3.97. The zero-order valence-corrected chi connectivity index (χ0v) is 13.9. The van der Waals surface area contributed by atoms with Crippen molar-refractivity contribution in [3.05, 3.63) is 16.0 Å². The second-order valence-corrected chi connectivity index (χ2v) is 6.74. The van der Waals surface area contributed by atoms with Crippen LogP contribution in [-0.4, -0.2) is 42.5 Å². The summed E-state index contributed by atoms with van der Waals surface area (Å²) in [6.07, 6.45) is 7.01. The van der Waals surface area contributed by atoms with Gasteiger partial charge in [0.05, 0.1) is 5.75 Å². The number of aromatic nitrogens is 5. The van der Waals surface area contributed by atoms with Crippen molar-refractivity contribution in [3.63, 3.8) is 0 Å². The van der Waals surface area contributed by atoms with E-state index in [1.165, 1.54) is 42.0 Å². The molecule has 1 saturated carbocycles. The molecule has 0 radical (unpaired) electrons. The number of aromatic amines is 1. The molecule has 3 rings (SSSR count). The lowest BCUT2D eigenvalue weighted by atomic mass is 10.1. The molecule has 1 aliphatic carbocycles. The van der Waals surface area contributed by atoms with Gasteiger partial charge in [-0.15, -0.1) is 10.2 Å². The lowest BCUT2D eigenvalue weighted by Crippen LogP contribution is -2.35. The molecule has 0 atom stereocenters. The van der Waals surface area contributed by atoms with Crippen molar-refractivity contribution in [1.82, 2.24) is 30.1 Å². The number of nitrogens with zero attached hydrogens (tertiary/aromatic N) is 4. The highest BCUT2D eigenvalue weighted by atomic mass is 32.2. The second kappa shape index (κ2) is 7.12. The molecule has 0 spiro atoms. The van der Waals surface area contributed by atoms with Crippen molar-refractivity contribution in [1.29, 1.82) is 0 Å². The van der Waals surface area contributed by atoms with E-state index in [0.717, 1.165) is 12.8 Å². The van der Waals surface area contributed by atoms with Crippen LogP contribution in [0.3, 0.4) is 0 Å². The SMILES string of the molecule is Cc1nn2c(SCC(=O)NC3CCCCCC3)nnc2[nH]c1=O. The predicted molar refractivity (Wildman–Crippen MR) is 86.5 cm³/mol. The van der Waals surface area contributed by atoms with Gasteiger partial charge in [-0.1, -0.05) is 37.4 Å². The van der Waals surface area contributed by atoms with E-state index in [4.69, 9.17) is 0 Å². The highest BCUT2D eigenvalue weighted by Crippen LogP contribution is 2.18. The minimum Gasteiger partial charge on any atom is -0.353 e. The van der Waals surface area contributed by atoms with Crippen LogP contribution in [0.1, 0.15) is 44.2 Å². The van der Waals surface area contributed by atoms with Crippen molar-refractivity contribution < 1.29 is 4.79 Å². The van der Waals surface area contributed by atoms with Crippen molar-refractivity contribution in [3.8, 4) is 0 Å². The molecule has 1 aliphatic rings. The molecule has 2 aromatic rings. The van der Waals surface area contributed by atoms with Crippen LogP contribution in [0.25, 0.3) is 5.78 Å². The summed E-state index contributed by atoms with van der Waals surface area (Å²) in [7, 11) is 0. The van der Waals surface area contributed by atoms with Crippen LogP contribution in [0.15, 0.2) is 9.95 Å². The summed E-state index contributed by atoms with van der Waals surface area (Å²) < 4.78 is 1.46. The summed E-state index contributed by atoms with van der Waals surface area (Å²) in [6.45, 7) is 1.62. The van der Waals surface area contributed by atoms with Crippen LogP contribution < -0.4 is 10.9 Å². The standard InChI is InChI=1S/C14H20N6O2S/c1-9-12(22)16-13-17-18-14(20(13)19-9)23-8-11(21)15-10-6-4-2-3-5-7-10/h10H,2-8H2,1H3,(H,15,21)(H,16,17,22). The summed E-state index contributed by atoms with van der Waals surface area (Å²) in [5.74, 6) is 0.545. The molecule has 1 amide bonds. The van der Waals surface area contributed by atoms with Gasteiger partial charge in [-0.05, 0) is 19.8 Å². The summed E-state index contributed by atoms with van der Waals surface area (Å²) in [5.41, 5.74) is 0.0506. The number of thioether (sulfide) groups is 1. The number of rotatable bonds is 4. The molecular formula is C14H20N6O2S. The fraction of sp³-hybridized carbons (Fsp3) is 0.643. The van der Waals surface area contributed by atoms with E-state index in [1.54, 1.807) is 6.92 Å². The Morgan fingerprint density at radius 2 is 2.04 bits per heavy atom. The van der Waals surface area contributed by atoms with E-state index in [9.17, 15) is 9.59 Å². The van der Waals surface area contributed by atoms with Gasteiger partial charge in [0.25, 0.3) is 11.3 Å². The van der Waals surface area contributed by atoms with Gasteiger partial charge in [0.15, 0.2) is 0 Å². The van der Waals surface area contributed by atoms with E-state index in [0.29, 0.717) is 10.9 Å². The average Bonchev–Trinajstić information content (AvgIpc) is 2.73. The molecule has 0 aliphatic heterocycles. The maximum absolute atomic E-state index is 12.1. The van der Waals surface area contributed by atoms with Gasteiger partial charge >= 0.3 is 0 Å². The molecule has 0 unspecified atom stereocenters. The average molecular weight is 336 g/mol. The topological polar surface area (TPSA) is 105 Å². The van der Waals surface area contributed by atoms with Crippen molar-refractivity contribution in [2.75, 3.05) is 5.75 Å². The predicted octanol–water partition coefficient (Wildman–Crippen LogP) is 1.05. The van der Waals surface area contributed by atoms with Crippen LogP contribution in [0.5, 0.6) is 0 Å². The molecule has 124 valence electrons. The fourth-order valence-corrected chi connectivity index (χ4v) is 3.43. The molecule has 9 heteroatoms. The van der Waals surface area contributed by atoms with E-state index in [2.05, 4.69) is 25.6 Å². The molecular weight excluding hydrogens is 316 g/mol. The second-order valence-electron chi connectivity index (χ2n) is 5.80. The zero-order chi connectivity index (χ0) is 16.2. The first-order chi connectivity index (χ1) is 11.1. The smallest absolute Gasteiger partial charge is 0.273 e. The quantitative estimate of drug-likeness (QED) is 0.639. The lowest BCUT2D eigenvalue weighted by molar-refractivity contribution is -0.119. The van der Waals surface area contributed by atoms with Crippen LogP contribution in [0.4, 0.5) is 0 Å². The van der Waals surface area contributed by atoms with Crippen molar-refractivity contribution in [2.45, 2.75) is 56.6 Å². The van der Waals surface area contributed by atoms with Gasteiger partial charge in [-0.25, -0.2) is 0 Å². The summed E-state index contributed by atoms with van der Waals surface area (Å²) >= 11 is 1.27. The Kier molecular flexibility index (Phi) is 4.94. The first kappa shape index (κ1) is 16.0. The zero-order valence-electron chi connectivity index (χ0n) is 13.0. The molecule has 0 bridgehead atoms. The molecule has 23 heavy (non-hydrogen) atoms. The van der Waals surface area contributed by atoms with E-state index < -0.39 is 0 Å². The Bertz CT molecular complexity index is 747. The molecule has 2 heterocycles. The number of carbonyl (C=O) groups excluding carboxylic acids is 1. The third-order valence-corrected chi connectivity index (χ3v) is 4.89. The van der Waals surface area contributed by atoms with E-state index >= 15 is 0 Å². The molecule has 8 nitrogen and oxygen atoms in total. The molecule has 2 aromatic heterocycles. The monoisotopic (exact) mass is 336 g/mol. The maximum atomic E-state index is 12.1. The van der Waals surface area contributed by atoms with Crippen LogP contribution >= 0.6 is 11.8 Å². The maximum Gasteiger partial charge on any atom is 0.273 e. The van der Waals surface area contributed by atoms with Gasteiger partial charge in [0.1, 0.15) is 5.69 Å². The number of aryl methyl sites for hydroxylation is 1. The van der Waals surface area contributed by atoms with Crippen molar-refractivity contribution in [2.24, 2.45) is 0 Å². The van der Waals surface area contributed by atoms with Crippen LogP contribution in [0, 0.1) is 6.92 Å². The summed E-state index contributed by atoms with van der Waals surface area (Å²) in [6, 6.07) is 0.289. The molecule has 0 aromatic carbocycles. The number of hydrogen-bond donors (Lipinski definition) is 2. The lowest BCUT2D eigenvalue weighted by Gasteiger charge is -2.15. The number of carbonyl (C=O) groups is 1. The normalized spacial score (nSPS) is 16.4. The van der Waals surface area contributed by atoms with Crippen LogP contribution in [0.2, 0.25) is 0 Å². The first-order valence-electron chi connectivity index (χ1n) is 7.88. The van der Waals surface area contributed by atoms with E-state index in [-0.39, 0.29) is 29.0 Å². The number of H-pyrrole nitrogens is 1. The number of fused-ring (bicyclic) bond motifs is 1. The summed E-state index contributed by atoms with van der Waals surface area (Å²) in [4.78, 5) is 26.2. The van der Waals surface area contributed by atoms with Gasteiger partial charge in [0, 0.05) is 6.04 Å². The van der Waals surface area contributed by atoms with E-state index in [1.807, 2.05) is 0 Å². The number of amides is 1. The largest absolute Gasteiger partial charge is 0.353 e. The fourth-order valence-electron chi connectivity index (χ4n) is 2.73. The van der Waals surface area contributed by atoms with Crippen LogP contribution in [-0.2, 0) is 4.79 Å². The Balaban J connectivity index is 1.60. The minimum atomic E-state index is -0.285. The highest BCUT2D eigenvalue weighted by Gasteiger charge is 2.16. The molecule has 2 N–H and O–H groups in total. The minimum absolute atomic E-state index is 0.000188. The van der Waals surface area contributed by atoms with Gasteiger partial charge < -0.3 is 5.32 Å². The Morgan fingerprint density at radius 3 is 2.78 bits per heavy atom. The highest BCUT2D eigenvalue weighted by molar-refractivity contribution is 7.99. The number of hydrogen-bond acceptors (Lipinski definition) is 6. The first-order valence-corrected chi connectivity index (χ1v) is 8.86. The Hall–Kier alpha value is -1.90. The molecule has 0 saturated heterocycles. The Morgan fingerprint density at radius 1 is 1.30 bits per heavy atom. The molecule has 1 fully saturated rings. The third kappa shape index (κ3) is 3.90. The van der Waals surface area contributed by atoms with Gasteiger partial charge in [-0.2, -0.15) is 9.61 Å². The summed E-state index contributed by atoms with van der Waals surface area (Å²) in [5, 5.41) is 15.6.